The van der Waals surface area contributed by atoms with Crippen molar-refractivity contribution in [2.24, 2.45) is 0 Å². The van der Waals surface area contributed by atoms with Crippen LogP contribution in [0.4, 0.5) is 10.1 Å². The number of amides is 1. The van der Waals surface area contributed by atoms with Gasteiger partial charge in [0.05, 0.1) is 12.2 Å². The zero-order chi connectivity index (χ0) is 18.4. The number of carbonyl (C=O) groups excluding carboxylic acids is 1. The summed E-state index contributed by atoms with van der Waals surface area (Å²) in [6, 6.07) is 12.7. The highest BCUT2D eigenvalue weighted by atomic mass is 19.1. The van der Waals surface area contributed by atoms with E-state index in [9.17, 15) is 14.3 Å². The summed E-state index contributed by atoms with van der Waals surface area (Å²) in [5.74, 6) is -0.280. The van der Waals surface area contributed by atoms with Crippen LogP contribution in [-0.2, 0) is 4.79 Å². The van der Waals surface area contributed by atoms with Crippen LogP contribution >= 0.6 is 0 Å². The second-order valence-electron chi connectivity index (χ2n) is 6.74. The lowest BCUT2D eigenvalue weighted by molar-refractivity contribution is -0.116. The summed E-state index contributed by atoms with van der Waals surface area (Å²) >= 11 is 0. The first kappa shape index (κ1) is 16.7. The van der Waals surface area contributed by atoms with Gasteiger partial charge in [0.25, 0.3) is 0 Å². The van der Waals surface area contributed by atoms with E-state index in [0.29, 0.717) is 13.0 Å². The average Bonchev–Trinajstić information content (AvgIpc) is 3.12. The second-order valence-corrected chi connectivity index (χ2v) is 6.74. The molecule has 1 amide bonds. The lowest BCUT2D eigenvalue weighted by Crippen LogP contribution is -2.25. The van der Waals surface area contributed by atoms with Crippen molar-refractivity contribution in [2.45, 2.75) is 20.3 Å². The second kappa shape index (κ2) is 6.22. The van der Waals surface area contributed by atoms with Crippen molar-refractivity contribution in [1.82, 2.24) is 0 Å². The van der Waals surface area contributed by atoms with Crippen LogP contribution in [0, 0.1) is 5.82 Å². The van der Waals surface area contributed by atoms with Crippen LogP contribution in [0.15, 0.2) is 48.0 Å². The van der Waals surface area contributed by atoms with Crippen molar-refractivity contribution < 1.29 is 14.3 Å². The Labute approximate surface area is 152 Å². The Morgan fingerprint density at radius 3 is 2.65 bits per heavy atom. The van der Waals surface area contributed by atoms with Crippen molar-refractivity contribution in [3.05, 3.63) is 70.5 Å². The molecule has 1 heterocycles. The van der Waals surface area contributed by atoms with Crippen LogP contribution in [0.2, 0.25) is 0 Å². The number of aliphatic hydroxyl groups excluding tert-OH is 1. The summed E-state index contributed by atoms with van der Waals surface area (Å²) in [6.45, 7) is 4.11. The largest absolute Gasteiger partial charge is 0.396 e. The number of fused-ring (bicyclic) bond motifs is 2. The normalized spacial score (nSPS) is 18.4. The Bertz CT molecular complexity index is 987. The third-order valence-electron chi connectivity index (χ3n) is 5.28. The van der Waals surface area contributed by atoms with Crippen molar-refractivity contribution >= 4 is 28.3 Å². The van der Waals surface area contributed by atoms with E-state index < -0.39 is 0 Å². The first-order valence-corrected chi connectivity index (χ1v) is 8.75. The molecule has 0 saturated heterocycles. The number of aliphatic hydroxyl groups is 1. The van der Waals surface area contributed by atoms with Gasteiger partial charge in [-0.1, -0.05) is 24.3 Å². The molecule has 4 heteroatoms. The Balaban J connectivity index is 2.00. The Morgan fingerprint density at radius 1 is 1.15 bits per heavy atom. The number of hydrogen-bond donors (Lipinski definition) is 1. The molecule has 1 aliphatic heterocycles. The summed E-state index contributed by atoms with van der Waals surface area (Å²) in [6.07, 6.45) is 0.483. The Hall–Kier alpha value is -2.72. The molecule has 0 fully saturated rings. The third kappa shape index (κ3) is 2.41. The van der Waals surface area contributed by atoms with E-state index in [1.807, 2.05) is 31.2 Å². The van der Waals surface area contributed by atoms with Gasteiger partial charge in [-0.3, -0.25) is 4.79 Å². The van der Waals surface area contributed by atoms with Gasteiger partial charge in [0.15, 0.2) is 0 Å². The van der Waals surface area contributed by atoms with Crippen molar-refractivity contribution in [3.63, 3.8) is 0 Å². The van der Waals surface area contributed by atoms with Gasteiger partial charge in [-0.2, -0.15) is 0 Å². The minimum absolute atomic E-state index is 0.00240. The molecule has 0 bridgehead atoms. The molecule has 132 valence electrons. The summed E-state index contributed by atoms with van der Waals surface area (Å²) in [5.41, 5.74) is 7.93. The first-order valence-electron chi connectivity index (χ1n) is 8.75. The molecule has 0 spiro atoms. The number of halogens is 1. The molecule has 26 heavy (non-hydrogen) atoms. The van der Waals surface area contributed by atoms with Crippen molar-refractivity contribution in [3.8, 4) is 0 Å². The summed E-state index contributed by atoms with van der Waals surface area (Å²) in [4.78, 5) is 13.9. The Kier molecular flexibility index (Phi) is 4.00. The average molecular weight is 349 g/mol. The SMILES string of the molecule is CC(=O)N1CC(=C2C(C)=C(CCO)c3cc(F)ccc32)c2ccccc21. The fourth-order valence-electron chi connectivity index (χ4n) is 4.15. The van der Waals surface area contributed by atoms with E-state index in [1.54, 1.807) is 24.0 Å². The van der Waals surface area contributed by atoms with Crippen molar-refractivity contribution in [2.75, 3.05) is 18.1 Å². The fraction of sp³-hybridized carbons (Fsp3) is 0.227. The number of carbonyl (C=O) groups is 1. The number of hydrogen-bond acceptors (Lipinski definition) is 2. The zero-order valence-corrected chi connectivity index (χ0v) is 14.8. The lowest BCUT2D eigenvalue weighted by atomic mass is 9.94. The quantitative estimate of drug-likeness (QED) is 0.879. The molecule has 2 aromatic carbocycles. The monoisotopic (exact) mass is 349 g/mol. The number of nitrogens with zero attached hydrogens (tertiary/aromatic N) is 1. The predicted molar refractivity (Wildman–Crippen MR) is 102 cm³/mol. The number of anilines is 1. The maximum Gasteiger partial charge on any atom is 0.224 e. The highest BCUT2D eigenvalue weighted by molar-refractivity contribution is 6.15. The van der Waals surface area contributed by atoms with E-state index in [2.05, 4.69) is 0 Å². The maximum atomic E-state index is 13.9. The molecule has 0 aromatic heterocycles. The molecule has 4 rings (SSSR count). The lowest BCUT2D eigenvalue weighted by Gasteiger charge is -2.14. The molecular weight excluding hydrogens is 329 g/mol. The number of para-hydroxylation sites is 1. The van der Waals surface area contributed by atoms with E-state index in [1.165, 1.54) is 6.07 Å². The molecule has 2 aromatic rings. The van der Waals surface area contributed by atoms with E-state index in [-0.39, 0.29) is 18.3 Å². The van der Waals surface area contributed by atoms with Crippen molar-refractivity contribution in [1.29, 1.82) is 0 Å². The van der Waals surface area contributed by atoms with Gasteiger partial charge in [-0.15, -0.1) is 0 Å². The van der Waals surface area contributed by atoms with E-state index >= 15 is 0 Å². The molecule has 1 aliphatic carbocycles. The van der Waals surface area contributed by atoms with Crippen LogP contribution < -0.4 is 4.90 Å². The maximum absolute atomic E-state index is 13.9. The fourth-order valence-corrected chi connectivity index (χ4v) is 4.15. The van der Waals surface area contributed by atoms with E-state index in [4.69, 9.17) is 0 Å². The van der Waals surface area contributed by atoms with Crippen LogP contribution in [0.1, 0.15) is 37.0 Å². The molecule has 0 atom stereocenters. The predicted octanol–water partition coefficient (Wildman–Crippen LogP) is 4.27. The zero-order valence-electron chi connectivity index (χ0n) is 14.8. The number of benzene rings is 2. The molecular formula is C22H20FNO2. The smallest absolute Gasteiger partial charge is 0.224 e. The Morgan fingerprint density at radius 2 is 1.92 bits per heavy atom. The van der Waals surface area contributed by atoms with Gasteiger partial charge in [-0.25, -0.2) is 4.39 Å². The van der Waals surface area contributed by atoms with Gasteiger partial charge in [0, 0.05) is 19.1 Å². The standard InChI is InChI=1S/C22H20FNO2/c1-13-16(9-10-25)19-11-15(23)7-8-18(19)22(13)20-12-24(14(2)26)21-6-4-3-5-17(20)21/h3-8,11,25H,9-10,12H2,1-2H3. The summed E-state index contributed by atoms with van der Waals surface area (Å²) in [7, 11) is 0. The first-order chi connectivity index (χ1) is 12.5. The number of allylic oxidation sites excluding steroid dienone is 2. The number of rotatable bonds is 2. The van der Waals surface area contributed by atoms with Gasteiger partial charge >= 0.3 is 0 Å². The molecule has 0 radical (unpaired) electrons. The van der Waals surface area contributed by atoms with Gasteiger partial charge < -0.3 is 10.0 Å². The highest BCUT2D eigenvalue weighted by Crippen LogP contribution is 2.49. The van der Waals surface area contributed by atoms with Crippen LogP contribution in [0.3, 0.4) is 0 Å². The van der Waals surface area contributed by atoms with Gasteiger partial charge in [0.1, 0.15) is 5.82 Å². The van der Waals surface area contributed by atoms with Crippen LogP contribution in [-0.4, -0.2) is 24.2 Å². The third-order valence-corrected chi connectivity index (χ3v) is 5.28. The molecule has 2 aliphatic rings. The molecule has 3 nitrogen and oxygen atoms in total. The van der Waals surface area contributed by atoms with Crippen LogP contribution in [0.25, 0.3) is 16.7 Å². The minimum atomic E-state index is -0.282. The van der Waals surface area contributed by atoms with Crippen LogP contribution in [0.5, 0.6) is 0 Å². The molecule has 0 unspecified atom stereocenters. The van der Waals surface area contributed by atoms with Gasteiger partial charge in [0.2, 0.25) is 5.91 Å². The molecule has 0 saturated carbocycles. The van der Waals surface area contributed by atoms with E-state index in [0.717, 1.165) is 44.7 Å². The van der Waals surface area contributed by atoms with Gasteiger partial charge in [-0.05, 0) is 65.0 Å². The highest BCUT2D eigenvalue weighted by Gasteiger charge is 2.33. The minimum Gasteiger partial charge on any atom is -0.396 e. The molecule has 1 N–H and O–H groups in total. The summed E-state index contributed by atoms with van der Waals surface area (Å²) in [5, 5.41) is 9.47. The summed E-state index contributed by atoms with van der Waals surface area (Å²) < 4.78 is 13.9. The topological polar surface area (TPSA) is 40.5 Å².